The van der Waals surface area contributed by atoms with E-state index < -0.39 is 17.9 Å². The topological polar surface area (TPSA) is 102 Å². The van der Waals surface area contributed by atoms with E-state index in [1.165, 1.54) is 6.07 Å². The number of H-pyrrole nitrogens is 1. The van der Waals surface area contributed by atoms with E-state index in [2.05, 4.69) is 26.3 Å². The summed E-state index contributed by atoms with van der Waals surface area (Å²) >= 11 is 0. The molecule has 1 aromatic heterocycles. The number of allylic oxidation sites excluding steroid dienone is 1. The SMILES string of the molecule is C/C=C(/C(=O)N[C@H](C(=O)Nc1ccc(-c2c(C)n[nH]c2C)cc1)C1c2c(F)cccc2CC12CC2)N(C)NC. The number of nitrogens with one attached hydrogen (secondary N) is 4. The highest BCUT2D eigenvalue weighted by molar-refractivity contribution is 6.01. The van der Waals surface area contributed by atoms with Crippen molar-refractivity contribution in [3.8, 4) is 11.1 Å². The van der Waals surface area contributed by atoms with Crippen LogP contribution < -0.4 is 16.1 Å². The number of halogens is 1. The van der Waals surface area contributed by atoms with Crippen molar-refractivity contribution in [3.05, 3.63) is 82.6 Å². The van der Waals surface area contributed by atoms with Crippen LogP contribution in [0.15, 0.2) is 54.2 Å². The quantitative estimate of drug-likeness (QED) is 0.256. The number of likely N-dealkylation sites (N-methyl/N-ethyl adjacent to an activating group) is 1. The maximum atomic E-state index is 15.3. The first kappa shape index (κ1) is 26.6. The number of aromatic amines is 1. The molecule has 0 aliphatic heterocycles. The Balaban J connectivity index is 1.47. The van der Waals surface area contributed by atoms with E-state index >= 15 is 4.39 Å². The molecule has 1 saturated carbocycles. The lowest BCUT2D eigenvalue weighted by molar-refractivity contribution is -0.126. The van der Waals surface area contributed by atoms with E-state index in [1.54, 1.807) is 38.2 Å². The lowest BCUT2D eigenvalue weighted by atomic mass is 9.82. The number of nitrogens with zero attached hydrogens (tertiary/aromatic N) is 2. The highest BCUT2D eigenvalue weighted by Crippen LogP contribution is 2.64. The van der Waals surface area contributed by atoms with Gasteiger partial charge in [-0.25, -0.2) is 9.82 Å². The Bertz CT molecular complexity index is 1420. The zero-order valence-corrected chi connectivity index (χ0v) is 23.0. The molecule has 1 spiro atoms. The average molecular weight is 531 g/mol. The molecule has 8 nitrogen and oxygen atoms in total. The number of carbonyl (C=O) groups is 2. The van der Waals surface area contributed by atoms with Crippen molar-refractivity contribution in [2.45, 2.75) is 52.0 Å². The fraction of sp³-hybridized carbons (Fsp3) is 0.367. The first-order chi connectivity index (χ1) is 18.7. The van der Waals surface area contributed by atoms with E-state index in [4.69, 9.17) is 0 Å². The number of rotatable bonds is 8. The summed E-state index contributed by atoms with van der Waals surface area (Å²) in [5, 5.41) is 14.8. The summed E-state index contributed by atoms with van der Waals surface area (Å²) < 4.78 is 15.3. The van der Waals surface area contributed by atoms with Crippen LogP contribution in [0.2, 0.25) is 0 Å². The Kier molecular flexibility index (Phi) is 7.03. The van der Waals surface area contributed by atoms with Gasteiger partial charge in [0.15, 0.2) is 0 Å². The fourth-order valence-electron chi connectivity index (χ4n) is 6.08. The molecule has 9 heteroatoms. The Hall–Kier alpha value is -3.98. The molecule has 1 fully saturated rings. The number of amides is 2. The lowest BCUT2D eigenvalue weighted by Crippen LogP contribution is -2.51. The van der Waals surface area contributed by atoms with Gasteiger partial charge in [-0.15, -0.1) is 0 Å². The predicted molar refractivity (Wildman–Crippen MR) is 149 cm³/mol. The highest BCUT2D eigenvalue weighted by Gasteiger charge is 2.59. The molecule has 2 aliphatic carbocycles. The number of benzene rings is 2. The molecule has 2 atom stereocenters. The Morgan fingerprint density at radius 1 is 1.18 bits per heavy atom. The molecular formula is C30H35FN6O2. The molecule has 2 amide bonds. The van der Waals surface area contributed by atoms with Gasteiger partial charge in [0.25, 0.3) is 5.91 Å². The van der Waals surface area contributed by atoms with Gasteiger partial charge in [-0.2, -0.15) is 5.10 Å². The molecule has 1 heterocycles. The maximum Gasteiger partial charge on any atom is 0.269 e. The molecule has 4 N–H and O–H groups in total. The van der Waals surface area contributed by atoms with Crippen molar-refractivity contribution >= 4 is 17.5 Å². The van der Waals surface area contributed by atoms with Gasteiger partial charge in [-0.1, -0.05) is 30.3 Å². The molecule has 0 saturated heterocycles. The van der Waals surface area contributed by atoms with Gasteiger partial charge in [0.05, 0.1) is 5.69 Å². The molecule has 2 aliphatic rings. The number of aromatic nitrogens is 2. The molecule has 39 heavy (non-hydrogen) atoms. The van der Waals surface area contributed by atoms with Gasteiger partial charge in [0.1, 0.15) is 17.6 Å². The van der Waals surface area contributed by atoms with Gasteiger partial charge >= 0.3 is 0 Å². The van der Waals surface area contributed by atoms with Crippen LogP contribution in [0.25, 0.3) is 11.1 Å². The van der Waals surface area contributed by atoms with E-state index in [-0.39, 0.29) is 17.1 Å². The molecule has 204 valence electrons. The first-order valence-electron chi connectivity index (χ1n) is 13.3. The third-order valence-electron chi connectivity index (χ3n) is 8.22. The van der Waals surface area contributed by atoms with Gasteiger partial charge in [0.2, 0.25) is 5.91 Å². The molecular weight excluding hydrogens is 495 g/mol. The van der Waals surface area contributed by atoms with E-state index in [9.17, 15) is 9.59 Å². The summed E-state index contributed by atoms with van der Waals surface area (Å²) in [5.41, 5.74) is 8.98. The summed E-state index contributed by atoms with van der Waals surface area (Å²) in [6.07, 6.45) is 4.15. The second-order valence-corrected chi connectivity index (χ2v) is 10.6. The zero-order valence-electron chi connectivity index (χ0n) is 23.0. The van der Waals surface area contributed by atoms with Gasteiger partial charge in [-0.05, 0) is 80.3 Å². The largest absolute Gasteiger partial charge is 0.338 e. The fourth-order valence-corrected chi connectivity index (χ4v) is 6.08. The van der Waals surface area contributed by atoms with Crippen molar-refractivity contribution in [2.75, 3.05) is 19.4 Å². The van der Waals surface area contributed by atoms with Crippen LogP contribution in [-0.4, -0.2) is 47.2 Å². The van der Waals surface area contributed by atoms with Crippen molar-refractivity contribution in [3.63, 3.8) is 0 Å². The number of hydrogen-bond donors (Lipinski definition) is 4. The summed E-state index contributed by atoms with van der Waals surface area (Å²) in [7, 11) is 3.43. The first-order valence-corrected chi connectivity index (χ1v) is 13.3. The lowest BCUT2D eigenvalue weighted by Gasteiger charge is -2.31. The molecule has 3 aromatic rings. The normalized spacial score (nSPS) is 18.0. The third kappa shape index (κ3) is 4.83. The molecule has 2 aromatic carbocycles. The minimum Gasteiger partial charge on any atom is -0.338 e. The number of hydrogen-bond acceptors (Lipinski definition) is 5. The van der Waals surface area contributed by atoms with Gasteiger partial charge in [0, 0.05) is 37.0 Å². The standard InChI is InChI=1S/C30H35FN6O2/c1-6-23(37(5)32-4)28(38)34-27(26-25-20(8-7-9-22(25)31)16-30(26)14-15-30)29(39)33-21-12-10-19(11-13-21)24-17(2)35-36-18(24)3/h6-13,26-27,32H,14-16H2,1-5H3,(H,33,39)(H,34,38)(H,35,36)/b23-6-/t26?,27-/m0/s1. The second kappa shape index (κ2) is 10.3. The maximum absolute atomic E-state index is 15.3. The van der Waals surface area contributed by atoms with E-state index in [1.807, 2.05) is 44.2 Å². The predicted octanol–water partition coefficient (Wildman–Crippen LogP) is 4.35. The van der Waals surface area contributed by atoms with Gasteiger partial charge in [-0.3, -0.25) is 14.7 Å². The van der Waals surface area contributed by atoms with Crippen LogP contribution in [0, 0.1) is 25.1 Å². The van der Waals surface area contributed by atoms with Crippen LogP contribution in [0.1, 0.15) is 48.2 Å². The second-order valence-electron chi connectivity index (χ2n) is 10.6. The monoisotopic (exact) mass is 530 g/mol. The number of carbonyl (C=O) groups excluding carboxylic acids is 2. The zero-order chi connectivity index (χ0) is 27.9. The van der Waals surface area contributed by atoms with Crippen LogP contribution in [0.5, 0.6) is 0 Å². The van der Waals surface area contributed by atoms with E-state index in [0.29, 0.717) is 23.4 Å². The van der Waals surface area contributed by atoms with Crippen LogP contribution in [0.4, 0.5) is 10.1 Å². The minimum absolute atomic E-state index is 0.231. The number of anilines is 1. The van der Waals surface area contributed by atoms with Gasteiger partial charge < -0.3 is 15.6 Å². The molecule has 0 radical (unpaired) electrons. The third-order valence-corrected chi connectivity index (χ3v) is 8.22. The summed E-state index contributed by atoms with van der Waals surface area (Å²) in [6, 6.07) is 11.7. The number of aryl methyl sites for hydroxylation is 2. The van der Waals surface area contributed by atoms with Crippen LogP contribution in [-0.2, 0) is 16.0 Å². The molecule has 5 rings (SSSR count). The van der Waals surface area contributed by atoms with Crippen molar-refractivity contribution < 1.29 is 14.0 Å². The van der Waals surface area contributed by atoms with Crippen molar-refractivity contribution in [2.24, 2.45) is 5.41 Å². The van der Waals surface area contributed by atoms with E-state index in [0.717, 1.165) is 40.9 Å². The Labute approximate surface area is 228 Å². The van der Waals surface area contributed by atoms with Crippen molar-refractivity contribution in [1.29, 1.82) is 0 Å². The highest BCUT2D eigenvalue weighted by atomic mass is 19.1. The Morgan fingerprint density at radius 3 is 2.49 bits per heavy atom. The average Bonchev–Trinajstić information content (AvgIpc) is 3.49. The smallest absolute Gasteiger partial charge is 0.269 e. The summed E-state index contributed by atoms with van der Waals surface area (Å²) in [6.45, 7) is 5.67. The summed E-state index contributed by atoms with van der Waals surface area (Å²) in [5.74, 6) is -1.58. The molecule has 0 bridgehead atoms. The minimum atomic E-state index is -0.962. The number of hydrazine groups is 1. The summed E-state index contributed by atoms with van der Waals surface area (Å²) in [4.78, 5) is 27.4. The molecule has 1 unspecified atom stereocenters. The van der Waals surface area contributed by atoms with Crippen molar-refractivity contribution in [1.82, 2.24) is 25.9 Å². The van der Waals surface area contributed by atoms with Crippen LogP contribution >= 0.6 is 0 Å². The Morgan fingerprint density at radius 2 is 1.90 bits per heavy atom. The van der Waals surface area contributed by atoms with Crippen LogP contribution in [0.3, 0.4) is 0 Å². The number of fused-ring (bicyclic) bond motifs is 1.